The van der Waals surface area contributed by atoms with E-state index < -0.39 is 6.17 Å². The van der Waals surface area contributed by atoms with Crippen molar-refractivity contribution in [1.82, 2.24) is 0 Å². The average molecular weight is 399 g/mol. The number of ether oxygens (including phenoxy) is 1. The summed E-state index contributed by atoms with van der Waals surface area (Å²) in [5.41, 5.74) is 3.00. The third-order valence-corrected chi connectivity index (χ3v) is 5.01. The van der Waals surface area contributed by atoms with Gasteiger partial charge in [-0.3, -0.25) is 9.69 Å². The highest BCUT2D eigenvalue weighted by molar-refractivity contribution is 6.31. The Labute approximate surface area is 167 Å². The van der Waals surface area contributed by atoms with E-state index in [2.05, 4.69) is 5.32 Å². The summed E-state index contributed by atoms with van der Waals surface area (Å²) in [5.74, 6) is 0.568. The zero-order valence-corrected chi connectivity index (χ0v) is 16.0. The summed E-state index contributed by atoms with van der Waals surface area (Å²) in [7, 11) is 1.60. The third kappa shape index (κ3) is 3.22. The molecule has 1 N–H and O–H groups in total. The van der Waals surface area contributed by atoms with Crippen molar-refractivity contribution >= 4 is 40.5 Å². The van der Waals surface area contributed by atoms with Crippen LogP contribution in [-0.4, -0.2) is 13.0 Å². The van der Waals surface area contributed by atoms with Crippen molar-refractivity contribution in [2.75, 3.05) is 17.3 Å². The monoisotopic (exact) mass is 398 g/mol. The Morgan fingerprint density at radius 1 is 0.963 bits per heavy atom. The number of carbonyl (C=O) groups excluding carboxylic acids is 1. The molecule has 1 heterocycles. The fraction of sp³-hybridized carbons (Fsp3) is 0.0952. The van der Waals surface area contributed by atoms with Gasteiger partial charge in [-0.2, -0.15) is 0 Å². The van der Waals surface area contributed by atoms with Crippen molar-refractivity contribution in [3.63, 3.8) is 0 Å². The first-order chi connectivity index (χ1) is 13.1. The summed E-state index contributed by atoms with van der Waals surface area (Å²) in [6.07, 6.45) is -0.401. The highest BCUT2D eigenvalue weighted by Gasteiger charge is 2.37. The minimum atomic E-state index is -0.401. The lowest BCUT2D eigenvalue weighted by Gasteiger charge is -2.28. The van der Waals surface area contributed by atoms with Gasteiger partial charge in [-0.25, -0.2) is 0 Å². The second kappa shape index (κ2) is 7.14. The van der Waals surface area contributed by atoms with Gasteiger partial charge < -0.3 is 10.1 Å². The minimum absolute atomic E-state index is 0.0774. The van der Waals surface area contributed by atoms with Crippen molar-refractivity contribution in [2.45, 2.75) is 6.17 Å². The quantitative estimate of drug-likeness (QED) is 0.605. The molecule has 1 amide bonds. The maximum atomic E-state index is 13.1. The van der Waals surface area contributed by atoms with Gasteiger partial charge in [-0.05, 0) is 48.5 Å². The van der Waals surface area contributed by atoms with Crippen LogP contribution in [0.1, 0.15) is 22.1 Å². The molecule has 0 unspecified atom stereocenters. The van der Waals surface area contributed by atoms with Crippen LogP contribution in [0.4, 0.5) is 11.4 Å². The van der Waals surface area contributed by atoms with E-state index >= 15 is 0 Å². The van der Waals surface area contributed by atoms with Gasteiger partial charge in [0, 0.05) is 26.9 Å². The molecule has 0 radical (unpaired) electrons. The molecule has 0 spiro atoms. The number of benzene rings is 3. The van der Waals surface area contributed by atoms with Crippen molar-refractivity contribution in [1.29, 1.82) is 0 Å². The molecule has 6 heteroatoms. The van der Waals surface area contributed by atoms with Crippen molar-refractivity contribution in [2.24, 2.45) is 0 Å². The number of amides is 1. The van der Waals surface area contributed by atoms with Crippen molar-refractivity contribution < 1.29 is 9.53 Å². The number of nitrogens with one attached hydrogen (secondary N) is 1. The Morgan fingerprint density at radius 3 is 2.41 bits per heavy atom. The molecular weight excluding hydrogens is 383 g/mol. The number of carbonyl (C=O) groups is 1. The van der Waals surface area contributed by atoms with Crippen molar-refractivity contribution in [3.8, 4) is 5.75 Å². The molecule has 0 saturated heterocycles. The maximum Gasteiger partial charge on any atom is 0.260 e. The van der Waals surface area contributed by atoms with Crippen LogP contribution >= 0.6 is 23.2 Å². The third-order valence-electron chi connectivity index (χ3n) is 4.52. The first-order valence-electron chi connectivity index (χ1n) is 8.36. The Kier molecular flexibility index (Phi) is 4.68. The summed E-state index contributed by atoms with van der Waals surface area (Å²) in [6, 6.07) is 20.1. The topological polar surface area (TPSA) is 41.6 Å². The van der Waals surface area contributed by atoms with Gasteiger partial charge >= 0.3 is 0 Å². The Bertz CT molecular complexity index is 1010. The van der Waals surface area contributed by atoms with Crippen molar-refractivity contribution in [3.05, 3.63) is 87.9 Å². The van der Waals surface area contributed by atoms with E-state index in [9.17, 15) is 4.79 Å². The predicted octanol–water partition coefficient (Wildman–Crippen LogP) is 5.77. The lowest BCUT2D eigenvalue weighted by molar-refractivity contribution is 0.0993. The van der Waals surface area contributed by atoms with Crippen LogP contribution in [0, 0.1) is 0 Å². The van der Waals surface area contributed by atoms with E-state index in [1.165, 1.54) is 0 Å². The number of rotatable bonds is 4. The van der Waals surface area contributed by atoms with Crippen LogP contribution in [0.3, 0.4) is 0 Å². The van der Waals surface area contributed by atoms with E-state index in [-0.39, 0.29) is 5.91 Å². The number of nitrogens with zero attached hydrogens (tertiary/aromatic N) is 1. The SMILES string of the molecule is COc1ccc(Cl)cc1N[C@H]1c2ccccc2C(=O)N1c1ccc(Cl)cc1. The largest absolute Gasteiger partial charge is 0.495 e. The maximum absolute atomic E-state index is 13.1. The fourth-order valence-corrected chi connectivity index (χ4v) is 3.57. The number of methoxy groups -OCH3 is 1. The summed E-state index contributed by atoms with van der Waals surface area (Å²) < 4.78 is 5.44. The Balaban J connectivity index is 1.80. The van der Waals surface area contributed by atoms with E-state index in [1.54, 1.807) is 42.3 Å². The van der Waals surface area contributed by atoms with E-state index in [0.717, 1.165) is 11.3 Å². The smallest absolute Gasteiger partial charge is 0.260 e. The Hall–Kier alpha value is -2.69. The normalized spacial score (nSPS) is 15.6. The van der Waals surface area contributed by atoms with Crippen LogP contribution in [0.2, 0.25) is 10.0 Å². The summed E-state index contributed by atoms with van der Waals surface area (Å²) in [5, 5.41) is 4.61. The number of halogens is 2. The molecule has 0 bridgehead atoms. The summed E-state index contributed by atoms with van der Waals surface area (Å²) in [6.45, 7) is 0. The van der Waals surface area contributed by atoms with Gasteiger partial charge in [0.25, 0.3) is 5.91 Å². The van der Waals surface area contributed by atoms with Crippen LogP contribution in [0.25, 0.3) is 0 Å². The number of hydrogen-bond acceptors (Lipinski definition) is 3. The molecule has 3 aromatic rings. The standard InChI is InChI=1S/C21H16Cl2N2O2/c1-27-19-11-8-14(23)12-18(19)24-20-16-4-2-3-5-17(16)21(26)25(20)15-9-6-13(22)7-10-15/h2-12,20,24H,1H3/t20-/m1/s1. The zero-order chi connectivity index (χ0) is 19.0. The first-order valence-corrected chi connectivity index (χ1v) is 9.12. The van der Waals surface area contributed by atoms with Gasteiger partial charge in [-0.1, -0.05) is 41.4 Å². The van der Waals surface area contributed by atoms with Gasteiger partial charge in [0.2, 0.25) is 0 Å². The van der Waals surface area contributed by atoms with Crippen LogP contribution < -0.4 is 15.0 Å². The lowest BCUT2D eigenvalue weighted by atomic mass is 10.1. The molecule has 1 atom stereocenters. The first kappa shape index (κ1) is 17.7. The molecule has 4 rings (SSSR count). The van der Waals surface area contributed by atoms with Gasteiger partial charge in [0.05, 0.1) is 12.8 Å². The Morgan fingerprint density at radius 2 is 1.67 bits per heavy atom. The molecule has 3 aromatic carbocycles. The number of anilines is 2. The van der Waals surface area contributed by atoms with E-state index in [0.29, 0.717) is 27.0 Å². The summed E-state index contributed by atoms with van der Waals surface area (Å²) in [4.78, 5) is 14.8. The zero-order valence-electron chi connectivity index (χ0n) is 14.4. The molecule has 27 heavy (non-hydrogen) atoms. The van der Waals surface area contributed by atoms with Crippen LogP contribution in [-0.2, 0) is 0 Å². The highest BCUT2D eigenvalue weighted by atomic mass is 35.5. The molecule has 0 fully saturated rings. The fourth-order valence-electron chi connectivity index (χ4n) is 3.27. The second-order valence-electron chi connectivity index (χ2n) is 6.13. The highest BCUT2D eigenvalue weighted by Crippen LogP contribution is 2.40. The van der Waals surface area contributed by atoms with Crippen LogP contribution in [0.15, 0.2) is 66.7 Å². The van der Waals surface area contributed by atoms with Gasteiger partial charge in [0.1, 0.15) is 11.9 Å². The summed E-state index contributed by atoms with van der Waals surface area (Å²) >= 11 is 12.2. The molecule has 136 valence electrons. The molecule has 1 aliphatic heterocycles. The average Bonchev–Trinajstić information content (AvgIpc) is 2.95. The molecule has 1 aliphatic rings. The number of hydrogen-bond donors (Lipinski definition) is 1. The molecule has 0 aliphatic carbocycles. The molecule has 0 saturated carbocycles. The minimum Gasteiger partial charge on any atom is -0.495 e. The molecule has 0 aromatic heterocycles. The molecule has 4 nitrogen and oxygen atoms in total. The number of fused-ring (bicyclic) bond motifs is 1. The van der Waals surface area contributed by atoms with E-state index in [1.807, 2.05) is 36.4 Å². The predicted molar refractivity (Wildman–Crippen MR) is 109 cm³/mol. The lowest BCUT2D eigenvalue weighted by Crippen LogP contribution is -2.32. The van der Waals surface area contributed by atoms with Gasteiger partial charge in [0.15, 0.2) is 0 Å². The van der Waals surface area contributed by atoms with Gasteiger partial charge in [-0.15, -0.1) is 0 Å². The van der Waals surface area contributed by atoms with Crippen LogP contribution in [0.5, 0.6) is 5.75 Å². The molecular formula is C21H16Cl2N2O2. The second-order valence-corrected chi connectivity index (χ2v) is 7.00. The van der Waals surface area contributed by atoms with E-state index in [4.69, 9.17) is 27.9 Å².